The highest BCUT2D eigenvalue weighted by Crippen LogP contribution is 2.29. The first-order chi connectivity index (χ1) is 13.4. The number of aryl methyl sites for hydroxylation is 3. The Bertz CT molecular complexity index is 1240. The van der Waals surface area contributed by atoms with Gasteiger partial charge in [0.15, 0.2) is 5.58 Å². The highest BCUT2D eigenvalue weighted by Gasteiger charge is 2.22. The van der Waals surface area contributed by atoms with E-state index in [9.17, 15) is 4.79 Å². The van der Waals surface area contributed by atoms with Gasteiger partial charge in [0.25, 0.3) is 5.91 Å². The number of carbonyl (C=O) groups excluding carboxylic acids is 1. The van der Waals surface area contributed by atoms with Gasteiger partial charge in [0.2, 0.25) is 0 Å². The molecule has 4 rings (SSSR count). The standard InChI is InChI=1S/C22H16N2O2S2/c1-12-6-14(3)15(7-13(12)2)4-5-16-10-23-11-17-8-18(26-20(16)17)9-19-21(25)24-22(27)28-19/h6-11H,1-3H3,(H,24,25,27). The van der Waals surface area contributed by atoms with Gasteiger partial charge in [-0.2, -0.15) is 0 Å². The average molecular weight is 405 g/mol. The molecule has 3 aromatic rings. The lowest BCUT2D eigenvalue weighted by molar-refractivity contribution is -0.115. The van der Waals surface area contributed by atoms with Crippen molar-refractivity contribution in [3.8, 4) is 11.8 Å². The fraction of sp³-hybridized carbons (Fsp3) is 0.136. The van der Waals surface area contributed by atoms with Crippen LogP contribution in [0.1, 0.15) is 33.6 Å². The van der Waals surface area contributed by atoms with E-state index in [4.69, 9.17) is 16.6 Å². The van der Waals surface area contributed by atoms with Crippen LogP contribution in [0, 0.1) is 32.6 Å². The smallest absolute Gasteiger partial charge is 0.263 e. The number of thioether (sulfide) groups is 1. The number of benzene rings is 1. The minimum Gasteiger partial charge on any atom is -0.455 e. The van der Waals surface area contributed by atoms with Gasteiger partial charge in [0.05, 0.1) is 10.5 Å². The van der Waals surface area contributed by atoms with Crippen LogP contribution in [0.3, 0.4) is 0 Å². The predicted octanol–water partition coefficient (Wildman–Crippen LogP) is 4.64. The zero-order valence-electron chi connectivity index (χ0n) is 15.5. The third-order valence-corrected chi connectivity index (χ3v) is 5.69. The molecule has 4 nitrogen and oxygen atoms in total. The van der Waals surface area contributed by atoms with Crippen molar-refractivity contribution in [3.05, 3.63) is 69.1 Å². The maximum atomic E-state index is 11.8. The molecule has 1 amide bonds. The second-order valence-corrected chi connectivity index (χ2v) is 8.33. The van der Waals surface area contributed by atoms with Crippen LogP contribution in [0.15, 0.2) is 39.9 Å². The van der Waals surface area contributed by atoms with Crippen LogP contribution in [0.25, 0.3) is 17.0 Å². The molecule has 28 heavy (non-hydrogen) atoms. The van der Waals surface area contributed by atoms with Crippen LogP contribution in [-0.2, 0) is 4.79 Å². The zero-order valence-corrected chi connectivity index (χ0v) is 17.2. The number of aromatic nitrogens is 1. The van der Waals surface area contributed by atoms with E-state index in [1.54, 1.807) is 18.5 Å². The average Bonchev–Trinajstić information content (AvgIpc) is 3.19. The molecule has 0 spiro atoms. The molecular formula is C22H16N2O2S2. The summed E-state index contributed by atoms with van der Waals surface area (Å²) < 4.78 is 6.40. The number of pyridine rings is 1. The Morgan fingerprint density at radius 1 is 1.07 bits per heavy atom. The number of amides is 1. The van der Waals surface area contributed by atoms with Gasteiger partial charge in [0, 0.05) is 29.4 Å². The monoisotopic (exact) mass is 404 g/mol. The van der Waals surface area contributed by atoms with E-state index in [0.717, 1.165) is 16.5 Å². The molecule has 1 aliphatic rings. The zero-order chi connectivity index (χ0) is 19.8. The summed E-state index contributed by atoms with van der Waals surface area (Å²) >= 11 is 6.24. The number of furan rings is 1. The lowest BCUT2D eigenvalue weighted by Crippen LogP contribution is -2.17. The van der Waals surface area contributed by atoms with E-state index in [2.05, 4.69) is 55.0 Å². The number of fused-ring (bicyclic) bond motifs is 1. The summed E-state index contributed by atoms with van der Waals surface area (Å²) in [6.45, 7) is 6.23. The van der Waals surface area contributed by atoms with Gasteiger partial charge >= 0.3 is 0 Å². The van der Waals surface area contributed by atoms with Gasteiger partial charge in [-0.3, -0.25) is 9.78 Å². The normalized spacial score (nSPS) is 15.0. The van der Waals surface area contributed by atoms with Gasteiger partial charge in [-0.1, -0.05) is 41.9 Å². The second kappa shape index (κ2) is 7.27. The van der Waals surface area contributed by atoms with Crippen LogP contribution < -0.4 is 5.32 Å². The fourth-order valence-electron chi connectivity index (χ4n) is 2.92. The van der Waals surface area contributed by atoms with Crippen LogP contribution in [0.4, 0.5) is 0 Å². The number of carbonyl (C=O) groups is 1. The van der Waals surface area contributed by atoms with E-state index >= 15 is 0 Å². The molecule has 0 saturated carbocycles. The van der Waals surface area contributed by atoms with Crippen molar-refractivity contribution in [2.75, 3.05) is 0 Å². The molecule has 1 saturated heterocycles. The molecule has 3 heterocycles. The number of rotatable bonds is 1. The van der Waals surface area contributed by atoms with Crippen molar-refractivity contribution in [2.45, 2.75) is 20.8 Å². The highest BCUT2D eigenvalue weighted by molar-refractivity contribution is 8.26. The molecule has 138 valence electrons. The lowest BCUT2D eigenvalue weighted by atomic mass is 10.0. The number of hydrogen-bond acceptors (Lipinski definition) is 5. The highest BCUT2D eigenvalue weighted by atomic mass is 32.2. The van der Waals surface area contributed by atoms with Crippen LogP contribution in [0.5, 0.6) is 0 Å². The van der Waals surface area contributed by atoms with E-state index in [1.807, 2.05) is 6.07 Å². The van der Waals surface area contributed by atoms with Gasteiger partial charge in [-0.05, 0) is 49.6 Å². The minimum absolute atomic E-state index is 0.209. The van der Waals surface area contributed by atoms with Crippen molar-refractivity contribution in [1.82, 2.24) is 10.3 Å². The van der Waals surface area contributed by atoms with Gasteiger partial charge in [-0.25, -0.2) is 0 Å². The molecule has 0 aliphatic carbocycles. The summed E-state index contributed by atoms with van der Waals surface area (Å²) in [7, 11) is 0. The maximum absolute atomic E-state index is 11.8. The van der Waals surface area contributed by atoms with Gasteiger partial charge in [0.1, 0.15) is 10.1 Å². The van der Waals surface area contributed by atoms with Crippen LogP contribution >= 0.6 is 24.0 Å². The number of nitrogens with one attached hydrogen (secondary N) is 1. The van der Waals surface area contributed by atoms with Crippen molar-refractivity contribution in [3.63, 3.8) is 0 Å². The van der Waals surface area contributed by atoms with Crippen LogP contribution in [0.2, 0.25) is 0 Å². The second-order valence-electron chi connectivity index (χ2n) is 6.61. The summed E-state index contributed by atoms with van der Waals surface area (Å²) in [5, 5.41) is 3.43. The molecule has 0 bridgehead atoms. The van der Waals surface area contributed by atoms with Crippen molar-refractivity contribution >= 4 is 51.3 Å². The minimum atomic E-state index is -0.209. The summed E-state index contributed by atoms with van der Waals surface area (Å²) in [5.74, 6) is 6.77. The van der Waals surface area contributed by atoms with E-state index in [-0.39, 0.29) is 5.91 Å². The molecule has 0 atom stereocenters. The fourth-order valence-corrected chi connectivity index (χ4v) is 3.95. The molecule has 1 aromatic carbocycles. The maximum Gasteiger partial charge on any atom is 0.263 e. The Balaban J connectivity index is 1.73. The number of thiocarbonyl (C=S) groups is 1. The Morgan fingerprint density at radius 2 is 1.82 bits per heavy atom. The topological polar surface area (TPSA) is 55.1 Å². The van der Waals surface area contributed by atoms with Crippen LogP contribution in [-0.4, -0.2) is 15.2 Å². The Hall–Kier alpha value is -2.88. The van der Waals surface area contributed by atoms with E-state index < -0.39 is 0 Å². The molecule has 1 aliphatic heterocycles. The van der Waals surface area contributed by atoms with Crippen molar-refractivity contribution < 1.29 is 9.21 Å². The molecular weight excluding hydrogens is 388 g/mol. The van der Waals surface area contributed by atoms with Gasteiger partial charge < -0.3 is 9.73 Å². The molecule has 6 heteroatoms. The summed E-state index contributed by atoms with van der Waals surface area (Å²) in [6, 6.07) is 6.09. The molecule has 1 fully saturated rings. The Kier molecular flexibility index (Phi) is 4.80. The summed E-state index contributed by atoms with van der Waals surface area (Å²) in [5.41, 5.74) is 5.95. The Morgan fingerprint density at radius 3 is 2.57 bits per heavy atom. The predicted molar refractivity (Wildman–Crippen MR) is 117 cm³/mol. The first-order valence-corrected chi connectivity index (χ1v) is 9.85. The summed E-state index contributed by atoms with van der Waals surface area (Å²) in [6.07, 6.45) is 5.10. The van der Waals surface area contributed by atoms with Crippen molar-refractivity contribution in [1.29, 1.82) is 0 Å². The quantitative estimate of drug-likeness (QED) is 0.364. The summed E-state index contributed by atoms with van der Waals surface area (Å²) in [4.78, 5) is 16.6. The van der Waals surface area contributed by atoms with E-state index in [1.165, 1.54) is 22.9 Å². The van der Waals surface area contributed by atoms with Crippen molar-refractivity contribution in [2.24, 2.45) is 0 Å². The van der Waals surface area contributed by atoms with Gasteiger partial charge in [-0.15, -0.1) is 0 Å². The number of hydrogen-bond donors (Lipinski definition) is 1. The molecule has 2 aromatic heterocycles. The SMILES string of the molecule is Cc1cc(C)c(C#Cc2cncc3cc(C=C4SC(=S)NC4=O)oc23)cc1C. The number of nitrogens with zero attached hydrogens (tertiary/aromatic N) is 1. The first-order valence-electron chi connectivity index (χ1n) is 8.63. The first kappa shape index (κ1) is 18.5. The third-order valence-electron chi connectivity index (χ3n) is 4.53. The molecule has 1 N–H and O–H groups in total. The largest absolute Gasteiger partial charge is 0.455 e. The van der Waals surface area contributed by atoms with E-state index in [0.29, 0.717) is 26.1 Å². The molecule has 0 radical (unpaired) electrons. The lowest BCUT2D eigenvalue weighted by Gasteiger charge is -2.04. The third kappa shape index (κ3) is 3.59. The molecule has 0 unspecified atom stereocenters. The Labute approximate surface area is 172 Å².